The van der Waals surface area contributed by atoms with E-state index in [4.69, 9.17) is 9.47 Å². The van der Waals surface area contributed by atoms with Crippen LogP contribution in [0.3, 0.4) is 0 Å². The molecule has 0 atom stereocenters. The molecule has 6 aromatic heterocycles. The van der Waals surface area contributed by atoms with Crippen molar-refractivity contribution in [1.29, 1.82) is 0 Å². The van der Waals surface area contributed by atoms with Crippen LogP contribution in [0.15, 0.2) is 85.5 Å². The number of carboxylic acids is 1. The third-order valence-electron chi connectivity index (χ3n) is 11.3. The van der Waals surface area contributed by atoms with Crippen LogP contribution in [0.5, 0.6) is 11.8 Å². The number of sulfonamides is 1. The number of hydrogen-bond acceptors (Lipinski definition) is 16. The highest BCUT2D eigenvalue weighted by Crippen LogP contribution is 2.36. The number of aromatic carboxylic acids is 1. The number of pyridine rings is 2. The molecule has 20 nitrogen and oxygen atoms in total. The third kappa shape index (κ3) is 13.0. The Bertz CT molecular complexity index is 3670. The van der Waals surface area contributed by atoms with Crippen molar-refractivity contribution in [3.8, 4) is 45.6 Å². The smallest absolute Gasteiger partial charge is 0.435 e. The number of carbonyl (C=O) groups excluding carboxylic acids is 1. The summed E-state index contributed by atoms with van der Waals surface area (Å²) in [5.74, 6) is -2.42. The molecule has 6 heterocycles. The first-order chi connectivity index (χ1) is 36.5. The molecule has 0 radical (unpaired) electrons. The number of carboxylic acid groups (broad SMARTS) is 1. The van der Waals surface area contributed by atoms with Gasteiger partial charge >= 0.3 is 18.3 Å². The van der Waals surface area contributed by atoms with E-state index in [9.17, 15) is 49.5 Å². The topological polar surface area (TPSA) is 256 Å². The summed E-state index contributed by atoms with van der Waals surface area (Å²) in [6.45, 7) is 13.4. The molecule has 408 valence electrons. The van der Waals surface area contributed by atoms with Gasteiger partial charge in [0.05, 0.1) is 19.5 Å². The number of carbonyl (C=O) groups is 2. The number of ether oxygens (including phenoxy) is 2. The summed E-state index contributed by atoms with van der Waals surface area (Å²) in [4.78, 5) is 50.4. The number of amides is 1. The average molecular weight is 1100 g/mol. The second-order valence-corrected chi connectivity index (χ2v) is 20.2. The van der Waals surface area contributed by atoms with Crippen LogP contribution in [0.1, 0.15) is 79.6 Å². The molecule has 0 saturated carbocycles. The molecule has 4 N–H and O–H groups in total. The van der Waals surface area contributed by atoms with Crippen LogP contribution >= 0.6 is 0 Å². The van der Waals surface area contributed by atoms with Crippen molar-refractivity contribution in [1.82, 2.24) is 54.2 Å². The monoisotopic (exact) mass is 1100 g/mol. The summed E-state index contributed by atoms with van der Waals surface area (Å²) >= 11 is 0. The molecule has 8 aromatic rings. The normalized spacial score (nSPS) is 11.7. The van der Waals surface area contributed by atoms with E-state index in [-0.39, 0.29) is 80.1 Å². The molecule has 0 saturated heterocycles. The number of halogens is 6. The van der Waals surface area contributed by atoms with E-state index in [1.54, 1.807) is 0 Å². The molecule has 0 aliphatic rings. The molecule has 78 heavy (non-hydrogen) atoms. The quantitative estimate of drug-likeness (QED) is 0.0739. The Morgan fingerprint density at radius 2 is 0.962 bits per heavy atom. The van der Waals surface area contributed by atoms with Gasteiger partial charge in [0.25, 0.3) is 5.91 Å². The number of alkyl halides is 6. The van der Waals surface area contributed by atoms with Gasteiger partial charge in [-0.15, -0.1) is 0 Å². The maximum Gasteiger partial charge on any atom is 0.435 e. The number of rotatable bonds is 14. The van der Waals surface area contributed by atoms with E-state index in [2.05, 4.69) is 50.7 Å². The van der Waals surface area contributed by atoms with Crippen molar-refractivity contribution in [3.05, 3.63) is 142 Å². The first kappa shape index (κ1) is 56.7. The zero-order valence-electron chi connectivity index (χ0n) is 43.2. The average Bonchev–Trinajstić information content (AvgIpc) is 3.96. The fourth-order valence-electron chi connectivity index (χ4n) is 7.75. The van der Waals surface area contributed by atoms with E-state index in [1.807, 2.05) is 68.8 Å². The second-order valence-electron chi connectivity index (χ2n) is 17.9. The molecule has 0 spiro atoms. The highest BCUT2D eigenvalue weighted by Gasteiger charge is 2.36. The Labute approximate surface area is 442 Å². The van der Waals surface area contributed by atoms with Gasteiger partial charge in [0.15, 0.2) is 23.0 Å². The number of anilines is 4. The van der Waals surface area contributed by atoms with Crippen molar-refractivity contribution in [2.75, 3.05) is 24.9 Å². The predicted octanol–water partition coefficient (Wildman–Crippen LogP) is 10.0. The van der Waals surface area contributed by atoms with Gasteiger partial charge in [-0.05, 0) is 126 Å². The maximum absolute atomic E-state index is 13.5. The minimum Gasteiger partial charge on any atom is -0.480 e. The van der Waals surface area contributed by atoms with Crippen LogP contribution in [0, 0.1) is 41.5 Å². The number of nitrogens with zero attached hydrogens (tertiary/aromatic N) is 10. The summed E-state index contributed by atoms with van der Waals surface area (Å²) in [5.41, 5.74) is 3.75. The highest BCUT2D eigenvalue weighted by molar-refractivity contribution is 7.90. The minimum absolute atomic E-state index is 0.00757. The summed E-state index contributed by atoms with van der Waals surface area (Å²) in [7, 11) is -1.46. The Hall–Kier alpha value is -9.01. The standard InChI is InChI=1S/C27H28F3N7O4S.C24H21F3N6O3/c1-14(2)42(39,40)36-24(38)20-11-18(12-31-25(20)41-6)21-13-32-26(33-19-8-15(3)7-16(4)9-19)34-23(21)37-17(5)10-22(35-37)27(28,29)30;1-12-5-13(2)7-16(6-12)30-23-29-11-18(15-9-17(22(34)35)21(36-4)28-10-15)20(31-23)33-14(3)8-19(32-33)24(25,26)27/h7-14H,1-6H3,(H,36,38)(H,32,33,34);5-11H,1-4H3,(H,34,35)(H,29,30,31). The lowest BCUT2D eigenvalue weighted by Crippen LogP contribution is -2.36. The van der Waals surface area contributed by atoms with Crippen LogP contribution in [-0.2, 0) is 22.4 Å². The van der Waals surface area contributed by atoms with E-state index < -0.39 is 50.9 Å². The summed E-state index contributed by atoms with van der Waals surface area (Å²) in [5, 5.41) is 22.2. The number of methoxy groups -OCH3 is 2. The molecule has 8 rings (SSSR count). The first-order valence-electron chi connectivity index (χ1n) is 23.2. The van der Waals surface area contributed by atoms with Crippen LogP contribution < -0.4 is 24.8 Å². The molecule has 0 bridgehead atoms. The van der Waals surface area contributed by atoms with Crippen LogP contribution in [0.4, 0.5) is 49.6 Å². The van der Waals surface area contributed by atoms with Gasteiger partial charge in [-0.1, -0.05) is 12.1 Å². The molecular weight excluding hydrogens is 1050 g/mol. The zero-order valence-corrected chi connectivity index (χ0v) is 44.0. The first-order valence-corrected chi connectivity index (χ1v) is 24.7. The lowest BCUT2D eigenvalue weighted by Gasteiger charge is -2.15. The number of aromatic nitrogens is 10. The lowest BCUT2D eigenvalue weighted by molar-refractivity contribution is -0.142. The lowest BCUT2D eigenvalue weighted by atomic mass is 10.1. The number of nitrogens with one attached hydrogen (secondary N) is 3. The van der Waals surface area contributed by atoms with Gasteiger partial charge in [-0.3, -0.25) is 4.79 Å². The van der Waals surface area contributed by atoms with Crippen molar-refractivity contribution >= 4 is 45.2 Å². The van der Waals surface area contributed by atoms with Crippen molar-refractivity contribution in [2.24, 2.45) is 0 Å². The van der Waals surface area contributed by atoms with Gasteiger partial charge in [0.2, 0.25) is 33.7 Å². The molecular formula is C51H49F6N13O7S. The van der Waals surface area contributed by atoms with E-state index in [1.165, 1.54) is 78.8 Å². The predicted molar refractivity (Wildman–Crippen MR) is 274 cm³/mol. The summed E-state index contributed by atoms with van der Waals surface area (Å²) in [6.07, 6.45) is -4.03. The third-order valence-corrected chi connectivity index (χ3v) is 13.0. The fraction of sp³-hybridized carbons (Fsp3) is 0.255. The van der Waals surface area contributed by atoms with Crippen molar-refractivity contribution in [2.45, 2.75) is 73.0 Å². The van der Waals surface area contributed by atoms with E-state index in [0.29, 0.717) is 11.4 Å². The maximum atomic E-state index is 13.5. The molecule has 0 unspecified atom stereocenters. The fourth-order valence-corrected chi connectivity index (χ4v) is 8.35. The van der Waals surface area contributed by atoms with Crippen LogP contribution in [0.25, 0.3) is 33.9 Å². The molecule has 27 heteroatoms. The van der Waals surface area contributed by atoms with Gasteiger partial charge in [-0.25, -0.2) is 47.2 Å². The van der Waals surface area contributed by atoms with Crippen molar-refractivity contribution in [3.63, 3.8) is 0 Å². The molecule has 0 aliphatic carbocycles. The Balaban J connectivity index is 0.000000229. The summed E-state index contributed by atoms with van der Waals surface area (Å²) in [6, 6.07) is 15.8. The van der Waals surface area contributed by atoms with Gasteiger partial charge in [0, 0.05) is 69.8 Å². The minimum atomic E-state index is -4.71. The van der Waals surface area contributed by atoms with Gasteiger partial charge in [-0.2, -0.15) is 46.5 Å². The van der Waals surface area contributed by atoms with Gasteiger partial charge < -0.3 is 25.2 Å². The number of hydrogen-bond donors (Lipinski definition) is 4. The van der Waals surface area contributed by atoms with Crippen LogP contribution in [0.2, 0.25) is 0 Å². The van der Waals surface area contributed by atoms with E-state index >= 15 is 0 Å². The van der Waals surface area contributed by atoms with Crippen LogP contribution in [-0.4, -0.2) is 94.3 Å². The Morgan fingerprint density at radius 1 is 0.577 bits per heavy atom. The molecule has 1 amide bonds. The van der Waals surface area contributed by atoms with Gasteiger partial charge in [0.1, 0.15) is 11.1 Å². The van der Waals surface area contributed by atoms with Crippen molar-refractivity contribution < 1.29 is 58.9 Å². The summed E-state index contributed by atoms with van der Waals surface area (Å²) < 4.78 is 120. The van der Waals surface area contributed by atoms with E-state index in [0.717, 1.165) is 43.8 Å². The SMILES string of the molecule is COc1ncc(-c2cnc(Nc3cc(C)cc(C)c3)nc2-n2nc(C(F)(F)F)cc2C)cc1C(=O)NS(=O)(=O)C(C)C.COc1ncc(-c2cnc(Nc3cc(C)cc(C)c3)nc2-n2nc(C(F)(F)F)cc2C)cc1C(=O)O. The zero-order chi connectivity index (χ0) is 57.2. The molecule has 0 fully saturated rings. The largest absolute Gasteiger partial charge is 0.480 e. The molecule has 2 aromatic carbocycles. The molecule has 0 aliphatic heterocycles. The highest BCUT2D eigenvalue weighted by atomic mass is 32.2. The number of benzene rings is 2. The Kier molecular flexibility index (Phi) is 16.2. The Morgan fingerprint density at radius 3 is 1.31 bits per heavy atom. The second kappa shape index (κ2) is 22.3. The number of aryl methyl sites for hydroxylation is 6.